The van der Waals surface area contributed by atoms with Gasteiger partial charge in [0, 0.05) is 45.3 Å². The minimum absolute atomic E-state index is 0.000381. The number of phenolic OH excluding ortho intramolecular Hbond substituents is 1. The molecular formula is C45H59N11O7. The number of hydrogen-bond donors (Lipinski definition) is 9. The van der Waals surface area contributed by atoms with Crippen molar-refractivity contribution in [3.63, 3.8) is 0 Å². The van der Waals surface area contributed by atoms with Crippen molar-refractivity contribution in [2.75, 3.05) is 26.2 Å². The van der Waals surface area contributed by atoms with E-state index in [1.165, 1.54) is 17.0 Å². The number of rotatable bonds is 17. The molecule has 1 aliphatic rings. The molecule has 12 N–H and O–H groups in total. The van der Waals surface area contributed by atoms with E-state index in [-0.39, 0.29) is 75.2 Å². The Kier molecular flexibility index (Phi) is 19.2. The zero-order chi connectivity index (χ0) is 45.7. The van der Waals surface area contributed by atoms with Gasteiger partial charge in [0.1, 0.15) is 29.9 Å². The van der Waals surface area contributed by atoms with Gasteiger partial charge in [-0.05, 0) is 66.6 Å². The molecule has 0 aliphatic carbocycles. The largest absolute Gasteiger partial charge is 0.508 e. The standard InChI is InChI=1S/C45H59N11O7/c1-3-4-15-38(58)55-45(48)50-22-9-5-6-10-24-56-29(2)40(60)53-35(14-11-23-49-44(46)47)42(62)54-36(27-31-16-19-32-12-7-8-13-33(32)25-31)41(61)51-28-39(59)52-37(43(56)63)26-30-17-20-34(57)21-18-30/h1,7-8,12-13,16-21,25,29,35-37,57H,4-6,9-11,14-15,22-24,26-28H2,2H3,(H,51,61)(H,52,59)(H,53,60)(H,54,62)(H4,46,47,49)(H3,48,50,55,58)/t29-,35+,36+,37-/m1/s1. The molecule has 0 saturated carbocycles. The van der Waals surface area contributed by atoms with Crippen molar-refractivity contribution in [2.45, 2.75) is 95.3 Å². The maximum absolute atomic E-state index is 14.6. The van der Waals surface area contributed by atoms with Gasteiger partial charge in [-0.3, -0.25) is 44.1 Å². The molecule has 63 heavy (non-hydrogen) atoms. The smallest absolute Gasteiger partial charge is 0.246 e. The van der Waals surface area contributed by atoms with Crippen LogP contribution in [0.3, 0.4) is 0 Å². The highest BCUT2D eigenvalue weighted by Crippen LogP contribution is 2.18. The Bertz CT molecular complexity index is 2170. The number of amides is 6. The average Bonchev–Trinajstić information content (AvgIpc) is 3.26. The van der Waals surface area contributed by atoms with Gasteiger partial charge < -0.3 is 48.5 Å². The molecule has 336 valence electrons. The van der Waals surface area contributed by atoms with Crippen LogP contribution in [-0.2, 0) is 41.6 Å². The molecule has 0 radical (unpaired) electrons. The third-order valence-electron chi connectivity index (χ3n) is 10.4. The van der Waals surface area contributed by atoms with Crippen LogP contribution < -0.4 is 43.8 Å². The predicted molar refractivity (Wildman–Crippen MR) is 241 cm³/mol. The third-order valence-corrected chi connectivity index (χ3v) is 10.4. The molecule has 4 atom stereocenters. The van der Waals surface area contributed by atoms with Gasteiger partial charge >= 0.3 is 0 Å². The third kappa shape index (κ3) is 16.3. The van der Waals surface area contributed by atoms with Crippen molar-refractivity contribution < 1.29 is 33.9 Å². The molecule has 1 fully saturated rings. The van der Waals surface area contributed by atoms with Crippen molar-refractivity contribution in [3.8, 4) is 18.1 Å². The number of carbonyl (C=O) groups is 6. The zero-order valence-corrected chi connectivity index (χ0v) is 35.6. The number of guanidine groups is 2. The number of phenols is 1. The van der Waals surface area contributed by atoms with Crippen LogP contribution >= 0.6 is 0 Å². The molecule has 4 rings (SSSR count). The Morgan fingerprint density at radius 1 is 0.794 bits per heavy atom. The van der Waals surface area contributed by atoms with E-state index < -0.39 is 60.2 Å². The number of nitrogens with one attached hydrogen (secondary N) is 5. The van der Waals surface area contributed by atoms with E-state index in [0.717, 1.165) is 16.3 Å². The number of unbranched alkanes of at least 4 members (excludes halogenated alkanes) is 3. The lowest BCUT2D eigenvalue weighted by atomic mass is 10.0. The molecule has 1 heterocycles. The first-order chi connectivity index (χ1) is 30.2. The summed E-state index contributed by atoms with van der Waals surface area (Å²) in [4.78, 5) is 91.7. The fourth-order valence-electron chi connectivity index (χ4n) is 6.97. The SMILES string of the molecule is C#CCCC(=O)NC(N)=NCCCCCCN1C(=O)[C@@H](Cc2ccc(O)cc2)NC(=O)CNC(=O)[C@H](Cc2ccc3ccccc3c2)NC(=O)[C@H](CCCN=C(N)N)NC(=O)[C@H]1C. The van der Waals surface area contributed by atoms with Gasteiger partial charge in [-0.1, -0.05) is 67.4 Å². The van der Waals surface area contributed by atoms with Crippen molar-refractivity contribution >= 4 is 58.1 Å². The fourth-order valence-corrected chi connectivity index (χ4v) is 6.97. The van der Waals surface area contributed by atoms with Crippen LogP contribution in [0.25, 0.3) is 10.8 Å². The van der Waals surface area contributed by atoms with Crippen LogP contribution in [0.4, 0.5) is 0 Å². The monoisotopic (exact) mass is 865 g/mol. The normalized spacial score (nSPS) is 19.1. The summed E-state index contributed by atoms with van der Waals surface area (Å²) >= 11 is 0. The maximum Gasteiger partial charge on any atom is 0.246 e. The van der Waals surface area contributed by atoms with E-state index in [1.54, 1.807) is 19.1 Å². The number of aromatic hydroxyl groups is 1. The summed E-state index contributed by atoms with van der Waals surface area (Å²) in [7, 11) is 0. The van der Waals surface area contributed by atoms with E-state index in [4.69, 9.17) is 23.6 Å². The fraction of sp³-hybridized carbons (Fsp3) is 0.422. The van der Waals surface area contributed by atoms with Crippen molar-refractivity contribution in [2.24, 2.45) is 27.2 Å². The molecular weight excluding hydrogens is 807 g/mol. The number of nitrogens with two attached hydrogens (primary N) is 3. The highest BCUT2D eigenvalue weighted by Gasteiger charge is 2.35. The van der Waals surface area contributed by atoms with E-state index in [2.05, 4.69) is 42.5 Å². The summed E-state index contributed by atoms with van der Waals surface area (Å²) < 4.78 is 0. The summed E-state index contributed by atoms with van der Waals surface area (Å²) in [5.41, 5.74) is 18.2. The topological polar surface area (TPSA) is 289 Å². The number of carbonyl (C=O) groups excluding carboxylic acids is 6. The van der Waals surface area contributed by atoms with E-state index >= 15 is 0 Å². The predicted octanol–water partition coefficient (Wildman–Crippen LogP) is 0.590. The van der Waals surface area contributed by atoms with E-state index in [9.17, 15) is 33.9 Å². The lowest BCUT2D eigenvalue weighted by Crippen LogP contribution is -2.58. The lowest BCUT2D eigenvalue weighted by Gasteiger charge is -2.33. The van der Waals surface area contributed by atoms with E-state index in [1.807, 2.05) is 42.5 Å². The van der Waals surface area contributed by atoms with Gasteiger partial charge in [0.25, 0.3) is 0 Å². The Morgan fingerprint density at radius 3 is 2.19 bits per heavy atom. The molecule has 1 aliphatic heterocycles. The number of benzene rings is 3. The summed E-state index contributed by atoms with van der Waals surface area (Å²) in [5, 5.41) is 25.3. The first-order valence-electron chi connectivity index (χ1n) is 21.1. The second-order valence-corrected chi connectivity index (χ2v) is 15.3. The lowest BCUT2D eigenvalue weighted by molar-refractivity contribution is -0.143. The molecule has 18 heteroatoms. The molecule has 6 amide bonds. The number of hydrogen-bond acceptors (Lipinski definition) is 9. The molecule has 0 aromatic heterocycles. The number of fused-ring (bicyclic) bond motifs is 1. The average molecular weight is 866 g/mol. The van der Waals surface area contributed by atoms with Crippen LogP contribution in [0.15, 0.2) is 76.7 Å². The number of terminal acetylenes is 1. The second kappa shape index (κ2) is 24.9. The Balaban J connectivity index is 1.60. The van der Waals surface area contributed by atoms with Gasteiger partial charge in [0.2, 0.25) is 35.4 Å². The zero-order valence-electron chi connectivity index (χ0n) is 35.6. The van der Waals surface area contributed by atoms with Crippen molar-refractivity contribution in [1.29, 1.82) is 0 Å². The molecule has 18 nitrogen and oxygen atoms in total. The van der Waals surface area contributed by atoms with Gasteiger partial charge in [-0.15, -0.1) is 12.3 Å². The molecule has 3 aromatic carbocycles. The minimum Gasteiger partial charge on any atom is -0.508 e. The van der Waals surface area contributed by atoms with Crippen LogP contribution in [0, 0.1) is 12.3 Å². The molecule has 0 unspecified atom stereocenters. The summed E-state index contributed by atoms with van der Waals surface area (Å²) in [6.45, 7) is 1.64. The summed E-state index contributed by atoms with van der Waals surface area (Å²) in [6.07, 6.45) is 8.44. The van der Waals surface area contributed by atoms with E-state index in [0.29, 0.717) is 37.8 Å². The first kappa shape index (κ1) is 48.5. The highest BCUT2D eigenvalue weighted by molar-refractivity contribution is 5.98. The second-order valence-electron chi connectivity index (χ2n) is 15.3. The maximum atomic E-state index is 14.6. The van der Waals surface area contributed by atoms with Gasteiger partial charge in [-0.2, -0.15) is 0 Å². The number of nitrogens with zero attached hydrogens (tertiary/aromatic N) is 3. The molecule has 0 spiro atoms. The van der Waals surface area contributed by atoms with Crippen LogP contribution in [-0.4, -0.2) is 108 Å². The Hall–Kier alpha value is -7.16. The first-order valence-corrected chi connectivity index (χ1v) is 21.1. The summed E-state index contributed by atoms with van der Waals surface area (Å²) in [6, 6.07) is 14.9. The highest BCUT2D eigenvalue weighted by atomic mass is 16.3. The Morgan fingerprint density at radius 2 is 1.46 bits per heavy atom. The molecule has 1 saturated heterocycles. The van der Waals surface area contributed by atoms with Crippen LogP contribution in [0.5, 0.6) is 5.75 Å². The van der Waals surface area contributed by atoms with Gasteiger partial charge in [-0.25, -0.2) is 0 Å². The van der Waals surface area contributed by atoms with Crippen molar-refractivity contribution in [1.82, 2.24) is 31.5 Å². The minimum atomic E-state index is -1.18. The van der Waals surface area contributed by atoms with Gasteiger partial charge in [0.05, 0.1) is 6.54 Å². The van der Waals surface area contributed by atoms with Crippen molar-refractivity contribution in [3.05, 3.63) is 77.9 Å². The summed E-state index contributed by atoms with van der Waals surface area (Å²) in [5.74, 6) is -1.25. The molecule has 3 aromatic rings. The number of aliphatic imine (C=N–C) groups is 2. The van der Waals surface area contributed by atoms with Crippen LogP contribution in [0.1, 0.15) is 69.4 Å². The van der Waals surface area contributed by atoms with Gasteiger partial charge in [0.15, 0.2) is 11.9 Å². The Labute approximate surface area is 367 Å². The molecule has 0 bridgehead atoms. The quantitative estimate of drug-likeness (QED) is 0.0394. The van der Waals surface area contributed by atoms with Crippen LogP contribution in [0.2, 0.25) is 0 Å².